The summed E-state index contributed by atoms with van der Waals surface area (Å²) in [6, 6.07) is 0. The lowest BCUT2D eigenvalue weighted by molar-refractivity contribution is 1.06. The summed E-state index contributed by atoms with van der Waals surface area (Å²) in [7, 11) is 0. The highest BCUT2D eigenvalue weighted by molar-refractivity contribution is 8.00. The van der Waals surface area contributed by atoms with Gasteiger partial charge in [-0.1, -0.05) is 16.3 Å². The molecular formula is C8H11N5S3. The van der Waals surface area contributed by atoms with Gasteiger partial charge in [0, 0.05) is 23.8 Å². The fourth-order valence-electron chi connectivity index (χ4n) is 1.06. The van der Waals surface area contributed by atoms with Gasteiger partial charge in [-0.3, -0.25) is 0 Å². The van der Waals surface area contributed by atoms with Crippen molar-refractivity contribution in [1.82, 2.24) is 18.9 Å². The van der Waals surface area contributed by atoms with E-state index in [9.17, 15) is 0 Å². The summed E-state index contributed by atoms with van der Waals surface area (Å²) < 4.78 is 9.06. The van der Waals surface area contributed by atoms with Gasteiger partial charge < -0.3 is 5.32 Å². The summed E-state index contributed by atoms with van der Waals surface area (Å²) in [4.78, 5) is 4.29. The number of hydrogen-bond acceptors (Lipinski definition) is 8. The van der Waals surface area contributed by atoms with E-state index in [4.69, 9.17) is 0 Å². The number of aromatic nitrogens is 4. The Bertz CT molecular complexity index is 452. The van der Waals surface area contributed by atoms with Crippen LogP contribution in [0.5, 0.6) is 0 Å². The minimum atomic E-state index is 0.785. The first-order chi connectivity index (χ1) is 7.79. The summed E-state index contributed by atoms with van der Waals surface area (Å²) in [5.74, 6) is 1.61. The Labute approximate surface area is 106 Å². The van der Waals surface area contributed by atoms with Crippen LogP contribution in [0.1, 0.15) is 18.4 Å². The van der Waals surface area contributed by atoms with Crippen molar-refractivity contribution < 1.29 is 0 Å². The van der Waals surface area contributed by atoms with E-state index in [1.807, 2.05) is 6.92 Å². The quantitative estimate of drug-likeness (QED) is 0.844. The normalized spacial score (nSPS) is 10.6. The Balaban J connectivity index is 1.96. The topological polar surface area (TPSA) is 63.6 Å². The maximum Gasteiger partial charge on any atom is 0.170 e. The number of thioether (sulfide) groups is 1. The van der Waals surface area contributed by atoms with Crippen molar-refractivity contribution in [2.24, 2.45) is 0 Å². The van der Waals surface area contributed by atoms with Crippen LogP contribution in [0.2, 0.25) is 0 Å². The highest BCUT2D eigenvalue weighted by Crippen LogP contribution is 2.27. The molecule has 2 aromatic rings. The van der Waals surface area contributed by atoms with Gasteiger partial charge in [-0.2, -0.15) is 4.37 Å². The van der Waals surface area contributed by atoms with Crippen molar-refractivity contribution in [2.45, 2.75) is 23.9 Å². The molecule has 2 heterocycles. The van der Waals surface area contributed by atoms with Crippen molar-refractivity contribution in [3.63, 3.8) is 0 Å². The number of nitrogens with zero attached hydrogens (tertiary/aromatic N) is 4. The molecule has 0 bridgehead atoms. The van der Waals surface area contributed by atoms with E-state index in [1.165, 1.54) is 23.1 Å². The molecule has 16 heavy (non-hydrogen) atoms. The zero-order valence-corrected chi connectivity index (χ0v) is 11.4. The minimum absolute atomic E-state index is 0.785. The molecule has 0 aliphatic heterocycles. The summed E-state index contributed by atoms with van der Waals surface area (Å²) in [6.45, 7) is 4.85. The molecule has 0 fully saturated rings. The Morgan fingerprint density at radius 2 is 2.25 bits per heavy atom. The molecule has 0 aliphatic rings. The Morgan fingerprint density at radius 3 is 2.94 bits per heavy atom. The molecule has 5 nitrogen and oxygen atoms in total. The Hall–Kier alpha value is -0.730. The molecule has 1 N–H and O–H groups in total. The van der Waals surface area contributed by atoms with E-state index in [0.29, 0.717) is 0 Å². The average Bonchev–Trinajstić information content (AvgIpc) is 2.85. The minimum Gasteiger partial charge on any atom is -0.374 e. The molecule has 0 saturated carbocycles. The molecule has 86 valence electrons. The summed E-state index contributed by atoms with van der Waals surface area (Å²) in [6.07, 6.45) is 0. The number of hydrogen-bond donors (Lipinski definition) is 1. The van der Waals surface area contributed by atoms with E-state index >= 15 is 0 Å². The van der Waals surface area contributed by atoms with Crippen LogP contribution in [0.3, 0.4) is 0 Å². The molecule has 0 aromatic carbocycles. The molecule has 0 unspecified atom stereocenters. The largest absolute Gasteiger partial charge is 0.374 e. The molecule has 0 spiro atoms. The second-order valence-corrected chi connectivity index (χ2v) is 5.70. The first kappa shape index (κ1) is 11.7. The average molecular weight is 273 g/mol. The first-order valence-electron chi connectivity index (χ1n) is 4.77. The monoisotopic (exact) mass is 273 g/mol. The molecule has 0 radical (unpaired) electrons. The van der Waals surface area contributed by atoms with Crippen molar-refractivity contribution >= 4 is 39.8 Å². The molecule has 0 amide bonds. The predicted molar refractivity (Wildman–Crippen MR) is 68.3 cm³/mol. The van der Waals surface area contributed by atoms with Crippen LogP contribution in [-0.2, 0) is 5.75 Å². The number of aryl methyl sites for hydroxylation is 1. The van der Waals surface area contributed by atoms with Gasteiger partial charge >= 0.3 is 0 Å². The van der Waals surface area contributed by atoms with Crippen molar-refractivity contribution in [1.29, 1.82) is 0 Å². The lowest BCUT2D eigenvalue weighted by Crippen LogP contribution is -1.97. The van der Waals surface area contributed by atoms with Gasteiger partial charge in [0.05, 0.1) is 0 Å². The van der Waals surface area contributed by atoms with Gasteiger partial charge in [0.2, 0.25) is 0 Å². The van der Waals surface area contributed by atoms with Crippen LogP contribution >= 0.6 is 34.8 Å². The van der Waals surface area contributed by atoms with Crippen molar-refractivity contribution in [3.8, 4) is 0 Å². The zero-order chi connectivity index (χ0) is 11.4. The van der Waals surface area contributed by atoms with E-state index in [1.54, 1.807) is 11.8 Å². The van der Waals surface area contributed by atoms with Gasteiger partial charge in [-0.25, -0.2) is 4.98 Å². The highest BCUT2D eigenvalue weighted by Gasteiger charge is 2.09. The number of rotatable bonds is 5. The molecule has 2 aromatic heterocycles. The van der Waals surface area contributed by atoms with Crippen molar-refractivity contribution in [2.75, 3.05) is 11.9 Å². The number of anilines is 1. The summed E-state index contributed by atoms with van der Waals surface area (Å²) in [5.41, 5.74) is 0.990. The van der Waals surface area contributed by atoms with Gasteiger partial charge in [0.15, 0.2) is 4.34 Å². The maximum absolute atomic E-state index is 4.29. The van der Waals surface area contributed by atoms with E-state index in [0.717, 1.165) is 33.2 Å². The lowest BCUT2D eigenvalue weighted by atomic mass is 10.5. The second kappa shape index (κ2) is 5.55. The maximum atomic E-state index is 4.29. The molecule has 0 aliphatic carbocycles. The Kier molecular flexibility index (Phi) is 4.08. The molecule has 0 atom stereocenters. The first-order valence-corrected chi connectivity index (χ1v) is 7.31. The van der Waals surface area contributed by atoms with E-state index in [2.05, 4.69) is 31.2 Å². The van der Waals surface area contributed by atoms with Crippen LogP contribution < -0.4 is 5.32 Å². The molecular weight excluding hydrogens is 262 g/mol. The van der Waals surface area contributed by atoms with Crippen molar-refractivity contribution in [3.05, 3.63) is 11.5 Å². The summed E-state index contributed by atoms with van der Waals surface area (Å²) >= 11 is 4.47. The third-order valence-electron chi connectivity index (χ3n) is 1.73. The van der Waals surface area contributed by atoms with Gasteiger partial charge in [0.25, 0.3) is 0 Å². The summed E-state index contributed by atoms with van der Waals surface area (Å²) in [5, 5.41) is 8.40. The third-order valence-corrected chi connectivity index (χ3v) is 4.40. The zero-order valence-electron chi connectivity index (χ0n) is 8.93. The second-order valence-electron chi connectivity index (χ2n) is 2.98. The highest BCUT2D eigenvalue weighted by atomic mass is 32.2. The van der Waals surface area contributed by atoms with Crippen LogP contribution in [0.15, 0.2) is 4.34 Å². The fourth-order valence-corrected chi connectivity index (χ4v) is 3.39. The molecule has 8 heteroatoms. The van der Waals surface area contributed by atoms with Gasteiger partial charge in [0.1, 0.15) is 16.5 Å². The standard InChI is InChI=1S/C8H11N5S3/c1-3-9-7-6(11-13-15-7)4-14-8-10-5(2)12-16-8/h9H,3-4H2,1-2H3. The molecule has 0 saturated heterocycles. The van der Waals surface area contributed by atoms with Crippen LogP contribution in [-0.4, -0.2) is 25.5 Å². The van der Waals surface area contributed by atoms with Gasteiger partial charge in [-0.15, -0.1) is 5.10 Å². The van der Waals surface area contributed by atoms with Crippen LogP contribution in [0, 0.1) is 6.92 Å². The van der Waals surface area contributed by atoms with Gasteiger partial charge in [-0.05, 0) is 25.4 Å². The SMILES string of the molecule is CCNc1snnc1CSc1nc(C)ns1. The Morgan fingerprint density at radius 1 is 1.38 bits per heavy atom. The smallest absolute Gasteiger partial charge is 0.170 e. The third kappa shape index (κ3) is 2.89. The predicted octanol–water partition coefficient (Wildman–Crippen LogP) is 2.42. The van der Waals surface area contributed by atoms with Crippen LogP contribution in [0.25, 0.3) is 0 Å². The number of nitrogens with one attached hydrogen (secondary N) is 1. The lowest BCUT2D eigenvalue weighted by Gasteiger charge is -1.99. The van der Waals surface area contributed by atoms with E-state index < -0.39 is 0 Å². The van der Waals surface area contributed by atoms with Crippen LogP contribution in [0.4, 0.5) is 5.00 Å². The van der Waals surface area contributed by atoms with E-state index in [-0.39, 0.29) is 0 Å². The molecule has 2 rings (SSSR count). The fraction of sp³-hybridized carbons (Fsp3) is 0.500.